The van der Waals surface area contributed by atoms with Crippen LogP contribution in [0.25, 0.3) is 4.96 Å². The van der Waals surface area contributed by atoms with Crippen LogP contribution in [-0.4, -0.2) is 26.4 Å². The lowest BCUT2D eigenvalue weighted by atomic mass is 10.2. The molecule has 1 fully saturated rings. The molecule has 16 heavy (non-hydrogen) atoms. The molecule has 86 valence electrons. The van der Waals surface area contributed by atoms with Gasteiger partial charge in [-0.15, -0.1) is 10.2 Å². The van der Waals surface area contributed by atoms with Gasteiger partial charge in [-0.2, -0.15) is 9.61 Å². The molecule has 5 nitrogen and oxygen atoms in total. The summed E-state index contributed by atoms with van der Waals surface area (Å²) in [4.78, 5) is 0.910. The largest absolute Gasteiger partial charge is 0.308 e. The molecule has 2 aromatic rings. The zero-order valence-electron chi connectivity index (χ0n) is 9.47. The average Bonchev–Trinajstić information content (AvgIpc) is 2.92. The van der Waals surface area contributed by atoms with Gasteiger partial charge in [-0.05, 0) is 19.4 Å². The van der Waals surface area contributed by atoms with Gasteiger partial charge in [0.25, 0.3) is 0 Å². The summed E-state index contributed by atoms with van der Waals surface area (Å²) in [6, 6.07) is 0.423. The highest BCUT2D eigenvalue weighted by molar-refractivity contribution is 7.16. The van der Waals surface area contributed by atoms with Gasteiger partial charge in [0.2, 0.25) is 4.96 Å². The third-order valence-corrected chi connectivity index (χ3v) is 3.92. The first-order valence-corrected chi connectivity index (χ1v) is 6.53. The van der Waals surface area contributed by atoms with E-state index in [4.69, 9.17) is 0 Å². The van der Waals surface area contributed by atoms with Gasteiger partial charge in [-0.25, -0.2) is 0 Å². The fourth-order valence-corrected chi connectivity index (χ4v) is 3.00. The molecular weight excluding hydrogens is 222 g/mol. The van der Waals surface area contributed by atoms with Gasteiger partial charge in [0.05, 0.1) is 6.04 Å². The lowest BCUT2D eigenvalue weighted by molar-refractivity contribution is 0.621. The predicted octanol–water partition coefficient (Wildman–Crippen LogP) is 1.73. The van der Waals surface area contributed by atoms with E-state index in [2.05, 4.69) is 34.5 Å². The van der Waals surface area contributed by atoms with Crippen LogP contribution in [0.15, 0.2) is 0 Å². The van der Waals surface area contributed by atoms with Gasteiger partial charge in [0.15, 0.2) is 5.82 Å². The molecule has 6 heteroatoms. The van der Waals surface area contributed by atoms with E-state index in [1.807, 2.05) is 4.52 Å². The number of hydrogen-bond donors (Lipinski definition) is 1. The minimum atomic E-state index is 0.362. The molecule has 3 heterocycles. The maximum absolute atomic E-state index is 4.62. The molecule has 1 aliphatic rings. The molecule has 0 amide bonds. The van der Waals surface area contributed by atoms with E-state index in [0.717, 1.165) is 22.3 Å². The molecule has 2 aromatic heterocycles. The van der Waals surface area contributed by atoms with Crippen molar-refractivity contribution in [2.24, 2.45) is 0 Å². The zero-order valence-corrected chi connectivity index (χ0v) is 10.3. The summed E-state index contributed by atoms with van der Waals surface area (Å²) in [7, 11) is 0. The Hall–Kier alpha value is -1.01. The summed E-state index contributed by atoms with van der Waals surface area (Å²) in [5.74, 6) is 1.32. The lowest BCUT2D eigenvalue weighted by Crippen LogP contribution is -2.13. The highest BCUT2D eigenvalue weighted by atomic mass is 32.1. The summed E-state index contributed by atoms with van der Waals surface area (Å²) in [5.41, 5.74) is 0. The van der Waals surface area contributed by atoms with Crippen molar-refractivity contribution < 1.29 is 0 Å². The van der Waals surface area contributed by atoms with Crippen molar-refractivity contribution in [2.75, 3.05) is 6.54 Å². The Labute approximate surface area is 97.9 Å². The summed E-state index contributed by atoms with van der Waals surface area (Å²) >= 11 is 1.65. The second-order valence-corrected chi connectivity index (χ2v) is 5.48. The third-order valence-electron chi connectivity index (χ3n) is 2.91. The van der Waals surface area contributed by atoms with Crippen LogP contribution in [0.4, 0.5) is 0 Å². The fraction of sp³-hybridized carbons (Fsp3) is 0.700. The van der Waals surface area contributed by atoms with Crippen molar-refractivity contribution in [1.29, 1.82) is 0 Å². The predicted molar refractivity (Wildman–Crippen MR) is 62.7 cm³/mol. The van der Waals surface area contributed by atoms with Gasteiger partial charge >= 0.3 is 0 Å². The molecule has 1 saturated heterocycles. The van der Waals surface area contributed by atoms with Crippen LogP contribution in [-0.2, 0) is 0 Å². The Kier molecular flexibility index (Phi) is 2.40. The lowest BCUT2D eigenvalue weighted by Gasteiger charge is -2.03. The van der Waals surface area contributed by atoms with E-state index in [0.29, 0.717) is 12.0 Å². The molecule has 1 atom stereocenters. The van der Waals surface area contributed by atoms with Crippen molar-refractivity contribution in [1.82, 2.24) is 25.1 Å². The highest BCUT2D eigenvalue weighted by Crippen LogP contribution is 2.27. The molecule has 1 aliphatic heterocycles. The molecule has 0 saturated carbocycles. The minimum Gasteiger partial charge on any atom is -0.308 e. The molecule has 1 N–H and O–H groups in total. The number of nitrogens with zero attached hydrogens (tertiary/aromatic N) is 4. The van der Waals surface area contributed by atoms with Crippen LogP contribution >= 0.6 is 11.3 Å². The standard InChI is InChI=1S/C10H15N5S/c1-6(2)8-12-13-10-15(8)14-9(16-10)7-4-3-5-11-7/h6-7,11H,3-5H2,1-2H3. The van der Waals surface area contributed by atoms with Crippen molar-refractivity contribution in [3.8, 4) is 0 Å². The fourth-order valence-electron chi connectivity index (χ4n) is 2.04. The Morgan fingerprint density at radius 1 is 1.44 bits per heavy atom. The van der Waals surface area contributed by atoms with E-state index >= 15 is 0 Å². The Balaban J connectivity index is 2.02. The highest BCUT2D eigenvalue weighted by Gasteiger charge is 2.22. The Morgan fingerprint density at radius 3 is 3.00 bits per heavy atom. The maximum Gasteiger partial charge on any atom is 0.234 e. The summed E-state index contributed by atoms with van der Waals surface area (Å²) in [6.45, 7) is 5.33. The number of fused-ring (bicyclic) bond motifs is 1. The smallest absolute Gasteiger partial charge is 0.234 e. The van der Waals surface area contributed by atoms with E-state index in [9.17, 15) is 0 Å². The van der Waals surface area contributed by atoms with Crippen LogP contribution in [0.3, 0.4) is 0 Å². The number of rotatable bonds is 2. The molecular formula is C10H15N5S. The van der Waals surface area contributed by atoms with E-state index in [-0.39, 0.29) is 0 Å². The Morgan fingerprint density at radius 2 is 2.31 bits per heavy atom. The second kappa shape index (κ2) is 3.78. The van der Waals surface area contributed by atoms with Crippen molar-refractivity contribution in [2.45, 2.75) is 38.6 Å². The number of nitrogens with one attached hydrogen (secondary N) is 1. The van der Waals surface area contributed by atoms with Crippen molar-refractivity contribution in [3.05, 3.63) is 10.8 Å². The van der Waals surface area contributed by atoms with Crippen LogP contribution in [0, 0.1) is 0 Å². The van der Waals surface area contributed by atoms with E-state index in [1.54, 1.807) is 11.3 Å². The Bertz CT molecular complexity index is 494. The van der Waals surface area contributed by atoms with Gasteiger partial charge < -0.3 is 5.32 Å². The molecule has 3 rings (SSSR count). The number of aromatic nitrogens is 4. The third kappa shape index (κ3) is 1.53. The molecule has 0 aliphatic carbocycles. The first-order chi connectivity index (χ1) is 7.75. The van der Waals surface area contributed by atoms with Crippen molar-refractivity contribution in [3.63, 3.8) is 0 Å². The van der Waals surface area contributed by atoms with E-state index < -0.39 is 0 Å². The SMILES string of the molecule is CC(C)c1nnc2sc(C3CCCN3)nn12. The topological polar surface area (TPSA) is 55.1 Å². The molecule has 0 spiro atoms. The summed E-state index contributed by atoms with van der Waals surface area (Å²) < 4.78 is 1.89. The van der Waals surface area contributed by atoms with Gasteiger partial charge in [-0.3, -0.25) is 0 Å². The quantitative estimate of drug-likeness (QED) is 0.864. The van der Waals surface area contributed by atoms with Gasteiger partial charge in [0.1, 0.15) is 5.01 Å². The first-order valence-electron chi connectivity index (χ1n) is 5.71. The molecule has 0 radical (unpaired) electrons. The van der Waals surface area contributed by atoms with Gasteiger partial charge in [-0.1, -0.05) is 25.2 Å². The van der Waals surface area contributed by atoms with Crippen LogP contribution in [0.1, 0.15) is 49.5 Å². The average molecular weight is 237 g/mol. The van der Waals surface area contributed by atoms with Gasteiger partial charge in [0, 0.05) is 5.92 Å². The second-order valence-electron chi connectivity index (χ2n) is 4.50. The van der Waals surface area contributed by atoms with Crippen LogP contribution in [0.2, 0.25) is 0 Å². The summed E-state index contributed by atoms with van der Waals surface area (Å²) in [6.07, 6.45) is 2.42. The van der Waals surface area contributed by atoms with Crippen LogP contribution in [0.5, 0.6) is 0 Å². The first kappa shape index (κ1) is 10.2. The zero-order chi connectivity index (χ0) is 11.1. The molecule has 0 aromatic carbocycles. The maximum atomic E-state index is 4.62. The number of hydrogen-bond acceptors (Lipinski definition) is 5. The van der Waals surface area contributed by atoms with Crippen LogP contribution < -0.4 is 5.32 Å². The van der Waals surface area contributed by atoms with Crippen molar-refractivity contribution >= 4 is 16.3 Å². The monoisotopic (exact) mass is 237 g/mol. The normalized spacial score (nSPS) is 21.3. The molecule has 1 unspecified atom stereocenters. The van der Waals surface area contributed by atoms with E-state index in [1.165, 1.54) is 12.8 Å². The molecule has 0 bridgehead atoms. The summed E-state index contributed by atoms with van der Waals surface area (Å²) in [5, 5.41) is 17.6. The minimum absolute atomic E-state index is 0.362.